The van der Waals surface area contributed by atoms with Gasteiger partial charge in [-0.05, 0) is 48.7 Å². The lowest BCUT2D eigenvalue weighted by Gasteiger charge is -2.42. The molecule has 144 valence electrons. The number of aliphatic hydroxyl groups excluding tert-OH is 1. The van der Waals surface area contributed by atoms with E-state index < -0.39 is 0 Å². The molecule has 0 amide bonds. The van der Waals surface area contributed by atoms with Crippen LogP contribution in [0.3, 0.4) is 0 Å². The first kappa shape index (κ1) is 17.7. The Bertz CT molecular complexity index is 975. The van der Waals surface area contributed by atoms with E-state index in [2.05, 4.69) is 52.7 Å². The topological polar surface area (TPSA) is 61.3 Å². The van der Waals surface area contributed by atoms with Crippen LogP contribution >= 0.6 is 0 Å². The minimum Gasteiger partial charge on any atom is -0.393 e. The maximum absolute atomic E-state index is 9.93. The predicted molar refractivity (Wildman–Crippen MR) is 111 cm³/mol. The average molecular weight is 374 g/mol. The van der Waals surface area contributed by atoms with E-state index in [1.54, 1.807) is 0 Å². The van der Waals surface area contributed by atoms with Crippen molar-refractivity contribution < 1.29 is 5.11 Å². The number of nitrogens with zero attached hydrogens (tertiary/aromatic N) is 3. The molecule has 2 saturated heterocycles. The SMILES string of the molecule is OC1CCN([C@]2(c3nccc(-c4ccc5ccccc5c4)n3)CCNC2)CC1. The van der Waals surface area contributed by atoms with Crippen LogP contribution in [0.1, 0.15) is 25.1 Å². The standard InChI is InChI=1S/C23H26N4O/c28-20-8-13-27(14-9-20)23(10-12-24-16-23)22-25-11-7-21(26-22)19-6-5-17-3-1-2-4-18(17)15-19/h1-7,11,15,20,24,28H,8-10,12-14,16H2/t23-/m1/s1. The van der Waals surface area contributed by atoms with Gasteiger partial charge < -0.3 is 10.4 Å². The fourth-order valence-corrected chi connectivity index (χ4v) is 4.67. The number of fused-ring (bicyclic) bond motifs is 1. The van der Waals surface area contributed by atoms with Gasteiger partial charge >= 0.3 is 0 Å². The van der Waals surface area contributed by atoms with Crippen LogP contribution in [0.2, 0.25) is 0 Å². The highest BCUT2D eigenvalue weighted by Crippen LogP contribution is 2.35. The highest BCUT2D eigenvalue weighted by molar-refractivity contribution is 5.86. The zero-order valence-corrected chi connectivity index (χ0v) is 16.0. The molecule has 1 atom stereocenters. The molecule has 3 aromatic rings. The number of benzene rings is 2. The summed E-state index contributed by atoms with van der Waals surface area (Å²) < 4.78 is 0. The first-order valence-electron chi connectivity index (χ1n) is 10.2. The van der Waals surface area contributed by atoms with Crippen LogP contribution < -0.4 is 5.32 Å². The van der Waals surface area contributed by atoms with Crippen LogP contribution in [-0.2, 0) is 5.54 Å². The second kappa shape index (κ2) is 7.24. The molecule has 28 heavy (non-hydrogen) atoms. The molecule has 0 bridgehead atoms. The van der Waals surface area contributed by atoms with Crippen molar-refractivity contribution in [1.29, 1.82) is 0 Å². The molecule has 2 N–H and O–H groups in total. The monoisotopic (exact) mass is 374 g/mol. The molecule has 2 aliphatic rings. The number of aliphatic hydroxyl groups is 1. The molecule has 3 heterocycles. The molecule has 2 aliphatic heterocycles. The Labute approximate surface area is 165 Å². The van der Waals surface area contributed by atoms with Crippen molar-refractivity contribution in [2.24, 2.45) is 0 Å². The van der Waals surface area contributed by atoms with Crippen molar-refractivity contribution in [3.05, 3.63) is 60.6 Å². The molecule has 0 aliphatic carbocycles. The van der Waals surface area contributed by atoms with E-state index in [9.17, 15) is 5.11 Å². The Balaban J connectivity index is 1.53. The Kier molecular flexibility index (Phi) is 4.59. The van der Waals surface area contributed by atoms with Crippen molar-refractivity contribution in [3.63, 3.8) is 0 Å². The van der Waals surface area contributed by atoms with Gasteiger partial charge in [0.15, 0.2) is 5.82 Å². The highest BCUT2D eigenvalue weighted by atomic mass is 16.3. The van der Waals surface area contributed by atoms with Gasteiger partial charge in [-0.1, -0.05) is 36.4 Å². The second-order valence-electron chi connectivity index (χ2n) is 8.00. The summed E-state index contributed by atoms with van der Waals surface area (Å²) in [5, 5.41) is 15.9. The van der Waals surface area contributed by atoms with E-state index in [-0.39, 0.29) is 11.6 Å². The van der Waals surface area contributed by atoms with Gasteiger partial charge in [-0.3, -0.25) is 4.90 Å². The van der Waals surface area contributed by atoms with Gasteiger partial charge in [-0.25, -0.2) is 9.97 Å². The van der Waals surface area contributed by atoms with Gasteiger partial charge in [0.1, 0.15) is 0 Å². The highest BCUT2D eigenvalue weighted by Gasteiger charge is 2.44. The van der Waals surface area contributed by atoms with Crippen molar-refractivity contribution >= 4 is 10.8 Å². The number of nitrogens with one attached hydrogen (secondary N) is 1. The molecule has 1 aromatic heterocycles. The predicted octanol–water partition coefficient (Wildman–Crippen LogP) is 2.94. The van der Waals surface area contributed by atoms with Gasteiger partial charge in [0, 0.05) is 31.4 Å². The summed E-state index contributed by atoms with van der Waals surface area (Å²) in [5.74, 6) is 0.902. The van der Waals surface area contributed by atoms with E-state index in [0.717, 1.165) is 62.5 Å². The Hall–Kier alpha value is -2.34. The quantitative estimate of drug-likeness (QED) is 0.738. The van der Waals surface area contributed by atoms with Crippen molar-refractivity contribution in [3.8, 4) is 11.3 Å². The van der Waals surface area contributed by atoms with Gasteiger partial charge in [-0.2, -0.15) is 0 Å². The fourth-order valence-electron chi connectivity index (χ4n) is 4.67. The second-order valence-corrected chi connectivity index (χ2v) is 8.00. The van der Waals surface area contributed by atoms with E-state index in [4.69, 9.17) is 9.97 Å². The Morgan fingerprint density at radius 2 is 1.86 bits per heavy atom. The molecule has 5 rings (SSSR count). The maximum atomic E-state index is 9.93. The van der Waals surface area contributed by atoms with Crippen molar-refractivity contribution in [1.82, 2.24) is 20.2 Å². The summed E-state index contributed by atoms with van der Waals surface area (Å²) in [4.78, 5) is 12.2. The number of piperidine rings is 1. The van der Waals surface area contributed by atoms with E-state index in [1.165, 1.54) is 10.8 Å². The molecular formula is C23H26N4O. The van der Waals surface area contributed by atoms with E-state index >= 15 is 0 Å². The van der Waals surface area contributed by atoms with E-state index in [1.807, 2.05) is 12.3 Å². The minimum absolute atomic E-state index is 0.174. The van der Waals surface area contributed by atoms with Gasteiger partial charge in [0.2, 0.25) is 0 Å². The number of hydrogen-bond acceptors (Lipinski definition) is 5. The molecule has 0 spiro atoms. The zero-order valence-electron chi connectivity index (χ0n) is 16.0. The first-order valence-corrected chi connectivity index (χ1v) is 10.2. The molecule has 2 aromatic carbocycles. The van der Waals surface area contributed by atoms with Crippen LogP contribution in [0, 0.1) is 0 Å². The van der Waals surface area contributed by atoms with E-state index in [0.29, 0.717) is 0 Å². The third kappa shape index (κ3) is 3.09. The average Bonchev–Trinajstić information content (AvgIpc) is 3.25. The summed E-state index contributed by atoms with van der Waals surface area (Å²) in [5.41, 5.74) is 1.92. The summed E-state index contributed by atoms with van der Waals surface area (Å²) in [7, 11) is 0. The fraction of sp³-hybridized carbons (Fsp3) is 0.391. The lowest BCUT2D eigenvalue weighted by Crippen LogP contribution is -2.52. The van der Waals surface area contributed by atoms with Gasteiger partial charge in [0.05, 0.1) is 17.3 Å². The van der Waals surface area contributed by atoms with Crippen LogP contribution in [0.4, 0.5) is 0 Å². The molecule has 0 radical (unpaired) electrons. The third-order valence-corrected chi connectivity index (χ3v) is 6.32. The third-order valence-electron chi connectivity index (χ3n) is 6.32. The molecule has 2 fully saturated rings. The summed E-state index contributed by atoms with van der Waals surface area (Å²) in [6.07, 6.45) is 4.38. The molecular weight excluding hydrogens is 348 g/mol. The maximum Gasteiger partial charge on any atom is 0.150 e. The number of aromatic nitrogens is 2. The first-order chi connectivity index (χ1) is 13.7. The van der Waals surface area contributed by atoms with Gasteiger partial charge in [0.25, 0.3) is 0 Å². The van der Waals surface area contributed by atoms with Crippen molar-refractivity contribution in [2.75, 3.05) is 26.2 Å². The lowest BCUT2D eigenvalue weighted by atomic mass is 9.91. The lowest BCUT2D eigenvalue weighted by molar-refractivity contribution is 0.0170. The minimum atomic E-state index is -0.174. The van der Waals surface area contributed by atoms with Gasteiger partial charge in [-0.15, -0.1) is 0 Å². The van der Waals surface area contributed by atoms with Crippen LogP contribution in [0.5, 0.6) is 0 Å². The molecule has 5 heteroatoms. The Morgan fingerprint density at radius 3 is 2.64 bits per heavy atom. The number of likely N-dealkylation sites (tertiary alicyclic amines) is 1. The molecule has 5 nitrogen and oxygen atoms in total. The summed E-state index contributed by atoms with van der Waals surface area (Å²) in [6, 6.07) is 16.9. The number of rotatable bonds is 3. The normalized spacial score (nSPS) is 24.0. The Morgan fingerprint density at radius 1 is 1.04 bits per heavy atom. The smallest absolute Gasteiger partial charge is 0.150 e. The molecule has 0 saturated carbocycles. The van der Waals surface area contributed by atoms with Crippen LogP contribution in [0.25, 0.3) is 22.0 Å². The summed E-state index contributed by atoms with van der Waals surface area (Å²) >= 11 is 0. The molecule has 0 unspecified atom stereocenters. The zero-order chi connectivity index (χ0) is 19.0. The summed E-state index contributed by atoms with van der Waals surface area (Å²) in [6.45, 7) is 3.63. The number of hydrogen-bond donors (Lipinski definition) is 2. The van der Waals surface area contributed by atoms with Crippen LogP contribution in [0.15, 0.2) is 54.7 Å². The van der Waals surface area contributed by atoms with Crippen molar-refractivity contribution in [2.45, 2.75) is 30.9 Å². The van der Waals surface area contributed by atoms with Crippen LogP contribution in [-0.4, -0.2) is 52.3 Å². The largest absolute Gasteiger partial charge is 0.393 e.